The number of nitrogens with two attached hydrogens (primary N) is 1. The highest BCUT2D eigenvalue weighted by atomic mass is 16.5. The van der Waals surface area contributed by atoms with Crippen LogP contribution >= 0.6 is 0 Å². The van der Waals surface area contributed by atoms with E-state index in [4.69, 9.17) is 10.3 Å². The zero-order valence-electron chi connectivity index (χ0n) is 10.3. The highest BCUT2D eigenvalue weighted by molar-refractivity contribution is 5.78. The molecule has 0 bridgehead atoms. The molecule has 92 valence electrons. The average Bonchev–Trinajstić information content (AvgIpc) is 2.55. The Balaban J connectivity index is 2.49. The molecule has 0 atom stereocenters. The van der Waals surface area contributed by atoms with E-state index in [1.54, 1.807) is 4.74 Å². The van der Waals surface area contributed by atoms with E-state index in [1.807, 2.05) is 18.2 Å². The van der Waals surface area contributed by atoms with Gasteiger partial charge < -0.3 is 10.3 Å². The van der Waals surface area contributed by atoms with Crippen molar-refractivity contribution in [2.75, 3.05) is 6.54 Å². The minimum Gasteiger partial charge on any atom is -0.335 e. The molecule has 0 amide bonds. The van der Waals surface area contributed by atoms with Crippen molar-refractivity contribution in [2.24, 2.45) is 11.7 Å². The first-order valence-electron chi connectivity index (χ1n) is 5.94. The summed E-state index contributed by atoms with van der Waals surface area (Å²) in [6.07, 6.45) is 0.782. The molecule has 0 radical (unpaired) electrons. The molecule has 2 rings (SSSR count). The Morgan fingerprint density at radius 3 is 2.82 bits per heavy atom. The Morgan fingerprint density at radius 1 is 1.41 bits per heavy atom. The molecule has 0 saturated carbocycles. The van der Waals surface area contributed by atoms with E-state index in [-0.39, 0.29) is 5.63 Å². The fourth-order valence-electron chi connectivity index (χ4n) is 1.95. The number of hydrogen-bond acceptors (Lipinski definition) is 3. The number of rotatable bonds is 4. The van der Waals surface area contributed by atoms with E-state index in [9.17, 15) is 4.79 Å². The Labute approximate surface area is 100.0 Å². The largest absolute Gasteiger partial charge is 0.365 e. The number of benzene rings is 1. The summed E-state index contributed by atoms with van der Waals surface area (Å²) in [6.45, 7) is 5.49. The lowest BCUT2D eigenvalue weighted by Crippen LogP contribution is -2.04. The molecule has 2 aromatic rings. The first-order valence-corrected chi connectivity index (χ1v) is 5.94. The van der Waals surface area contributed by atoms with Crippen LogP contribution in [-0.2, 0) is 13.0 Å². The summed E-state index contributed by atoms with van der Waals surface area (Å²) in [7, 11) is 0. The maximum absolute atomic E-state index is 11.7. The van der Waals surface area contributed by atoms with Crippen molar-refractivity contribution in [3.05, 3.63) is 34.2 Å². The lowest BCUT2D eigenvalue weighted by atomic mass is 10.1. The molecule has 1 aromatic carbocycles. The van der Waals surface area contributed by atoms with Crippen LogP contribution in [0.3, 0.4) is 0 Å². The van der Waals surface area contributed by atoms with Gasteiger partial charge in [0.2, 0.25) is 0 Å². The van der Waals surface area contributed by atoms with Crippen molar-refractivity contribution in [3.8, 4) is 0 Å². The van der Waals surface area contributed by atoms with Gasteiger partial charge in [0.25, 0.3) is 0 Å². The molecule has 1 heterocycles. The van der Waals surface area contributed by atoms with Gasteiger partial charge >= 0.3 is 5.63 Å². The van der Waals surface area contributed by atoms with Crippen LogP contribution < -0.4 is 11.4 Å². The van der Waals surface area contributed by atoms with Crippen molar-refractivity contribution in [1.29, 1.82) is 0 Å². The molecule has 0 aliphatic heterocycles. The summed E-state index contributed by atoms with van der Waals surface area (Å²) in [4.78, 5) is 11.7. The second kappa shape index (κ2) is 4.75. The normalized spacial score (nSPS) is 11.5. The SMILES string of the molecule is CC(C)Cn1oc(=O)c2cc(CCN)ccc21. The van der Waals surface area contributed by atoms with Gasteiger partial charge in [0.15, 0.2) is 0 Å². The van der Waals surface area contributed by atoms with Crippen LogP contribution in [0.25, 0.3) is 10.9 Å². The second-order valence-electron chi connectivity index (χ2n) is 4.72. The van der Waals surface area contributed by atoms with Gasteiger partial charge in [-0.3, -0.25) is 0 Å². The topological polar surface area (TPSA) is 61.2 Å². The average molecular weight is 234 g/mol. The molecule has 0 saturated heterocycles. The van der Waals surface area contributed by atoms with Gasteiger partial charge in [0.05, 0.1) is 17.4 Å². The summed E-state index contributed by atoms with van der Waals surface area (Å²) >= 11 is 0. The highest BCUT2D eigenvalue weighted by Crippen LogP contribution is 2.15. The molecular weight excluding hydrogens is 216 g/mol. The van der Waals surface area contributed by atoms with Crippen LogP contribution in [0.1, 0.15) is 19.4 Å². The minimum absolute atomic E-state index is 0.264. The van der Waals surface area contributed by atoms with Crippen LogP contribution in [-0.4, -0.2) is 11.3 Å². The van der Waals surface area contributed by atoms with E-state index >= 15 is 0 Å². The number of nitrogens with zero attached hydrogens (tertiary/aromatic N) is 1. The Hall–Kier alpha value is -1.55. The van der Waals surface area contributed by atoms with Crippen LogP contribution in [0.15, 0.2) is 27.5 Å². The Bertz CT molecular complexity index is 566. The highest BCUT2D eigenvalue weighted by Gasteiger charge is 2.10. The van der Waals surface area contributed by atoms with E-state index in [2.05, 4.69) is 13.8 Å². The van der Waals surface area contributed by atoms with Crippen molar-refractivity contribution in [1.82, 2.24) is 4.74 Å². The summed E-state index contributed by atoms with van der Waals surface area (Å²) in [6, 6.07) is 5.82. The van der Waals surface area contributed by atoms with Crippen LogP contribution in [0, 0.1) is 5.92 Å². The first kappa shape index (κ1) is 11.9. The van der Waals surface area contributed by atoms with Crippen LogP contribution in [0.5, 0.6) is 0 Å². The monoisotopic (exact) mass is 234 g/mol. The number of aromatic nitrogens is 1. The third kappa shape index (κ3) is 2.42. The van der Waals surface area contributed by atoms with Crippen LogP contribution in [0.4, 0.5) is 0 Å². The van der Waals surface area contributed by atoms with Crippen molar-refractivity contribution < 1.29 is 4.52 Å². The molecule has 0 aliphatic rings. The quantitative estimate of drug-likeness (QED) is 0.876. The van der Waals surface area contributed by atoms with Crippen LogP contribution in [0.2, 0.25) is 0 Å². The van der Waals surface area contributed by atoms with Gasteiger partial charge in [0.1, 0.15) is 0 Å². The number of fused-ring (bicyclic) bond motifs is 1. The molecule has 4 nitrogen and oxygen atoms in total. The fraction of sp³-hybridized carbons (Fsp3) is 0.462. The van der Waals surface area contributed by atoms with Crippen molar-refractivity contribution in [3.63, 3.8) is 0 Å². The maximum atomic E-state index is 11.7. The van der Waals surface area contributed by atoms with E-state index in [1.165, 1.54) is 0 Å². The minimum atomic E-state index is -0.264. The van der Waals surface area contributed by atoms with Crippen molar-refractivity contribution >= 4 is 10.9 Å². The molecular formula is C13H18N2O2. The van der Waals surface area contributed by atoms with Crippen molar-refractivity contribution in [2.45, 2.75) is 26.8 Å². The fourth-order valence-corrected chi connectivity index (χ4v) is 1.95. The standard InChI is InChI=1S/C13H18N2O2/c1-9(2)8-15-12-4-3-10(5-6-14)7-11(12)13(16)17-15/h3-4,7,9H,5-6,8,14H2,1-2H3. The Kier molecular flexibility index (Phi) is 3.33. The summed E-state index contributed by atoms with van der Waals surface area (Å²) < 4.78 is 6.91. The summed E-state index contributed by atoms with van der Waals surface area (Å²) in [5, 5.41) is 0.650. The van der Waals surface area contributed by atoms with Gasteiger partial charge in [0, 0.05) is 0 Å². The molecule has 4 heteroatoms. The molecule has 0 unspecified atom stereocenters. The lowest BCUT2D eigenvalue weighted by Gasteiger charge is -2.05. The lowest BCUT2D eigenvalue weighted by molar-refractivity contribution is 0.238. The second-order valence-corrected chi connectivity index (χ2v) is 4.72. The molecule has 17 heavy (non-hydrogen) atoms. The predicted molar refractivity (Wildman–Crippen MR) is 68.1 cm³/mol. The third-order valence-electron chi connectivity index (χ3n) is 2.71. The van der Waals surface area contributed by atoms with Gasteiger partial charge in [-0.15, -0.1) is 0 Å². The summed E-state index contributed by atoms with van der Waals surface area (Å²) in [5.41, 5.74) is 7.19. The zero-order chi connectivity index (χ0) is 12.4. The van der Waals surface area contributed by atoms with Gasteiger partial charge in [-0.25, -0.2) is 9.53 Å². The van der Waals surface area contributed by atoms with Gasteiger partial charge in [-0.05, 0) is 36.6 Å². The third-order valence-corrected chi connectivity index (χ3v) is 2.71. The molecule has 0 fully saturated rings. The molecule has 2 N–H and O–H groups in total. The number of hydrogen-bond donors (Lipinski definition) is 1. The molecule has 0 spiro atoms. The zero-order valence-corrected chi connectivity index (χ0v) is 10.3. The smallest absolute Gasteiger partial charge is 0.335 e. The predicted octanol–water partition coefficient (Wildman–Crippen LogP) is 1.75. The van der Waals surface area contributed by atoms with Gasteiger partial charge in [-0.2, -0.15) is 0 Å². The Morgan fingerprint density at radius 2 is 2.18 bits per heavy atom. The maximum Gasteiger partial charge on any atom is 0.365 e. The first-order chi connectivity index (χ1) is 8.11. The molecule has 1 aromatic heterocycles. The molecule has 0 aliphatic carbocycles. The van der Waals surface area contributed by atoms with E-state index in [0.717, 1.165) is 24.0 Å². The van der Waals surface area contributed by atoms with Gasteiger partial charge in [-0.1, -0.05) is 19.9 Å². The summed E-state index contributed by atoms with van der Waals surface area (Å²) in [5.74, 6) is 0.442. The van der Waals surface area contributed by atoms with E-state index in [0.29, 0.717) is 17.8 Å². The van der Waals surface area contributed by atoms with E-state index < -0.39 is 0 Å².